The second-order valence-electron chi connectivity index (χ2n) is 8.42. The third kappa shape index (κ3) is 5.70. The lowest BCUT2D eigenvalue weighted by molar-refractivity contribution is 0.0773. The largest absolute Gasteiger partial charge is 0.339 e. The van der Waals surface area contributed by atoms with E-state index in [0.29, 0.717) is 13.1 Å². The molecule has 0 aromatic heterocycles. The quantitative estimate of drug-likeness (QED) is 0.463. The Labute approximate surface area is 199 Å². The summed E-state index contributed by atoms with van der Waals surface area (Å²) in [5, 5.41) is 0. The average molecular weight is 444 g/mol. The summed E-state index contributed by atoms with van der Waals surface area (Å²) in [6.07, 6.45) is 5.74. The minimum absolute atomic E-state index is 0.0884. The minimum Gasteiger partial charge on any atom is -0.339 e. The first-order chi connectivity index (χ1) is 16.1. The highest BCUT2D eigenvalue weighted by Gasteiger charge is 2.27. The van der Waals surface area contributed by atoms with Crippen LogP contribution in [0.4, 0.5) is 0 Å². The summed E-state index contributed by atoms with van der Waals surface area (Å²) >= 11 is 0. The van der Waals surface area contributed by atoms with Crippen molar-refractivity contribution >= 4 is 18.1 Å². The third-order valence-corrected chi connectivity index (χ3v) is 6.55. The van der Waals surface area contributed by atoms with E-state index < -0.39 is 0 Å². The number of piperazine rings is 1. The summed E-state index contributed by atoms with van der Waals surface area (Å²) in [5.74, 6) is 0.0884. The smallest absolute Gasteiger partial charge is 0.253 e. The summed E-state index contributed by atoms with van der Waals surface area (Å²) in [7, 11) is 0. The first kappa shape index (κ1) is 24.7. The first-order valence-corrected chi connectivity index (χ1v) is 11.9. The SMILES string of the molecule is C=CCN1CCN(C(c2ccc(C(=O)N(CC)CC)cc2)c2ccc(C=C)c(C=C)c2)CC1. The van der Waals surface area contributed by atoms with Crippen LogP contribution < -0.4 is 0 Å². The van der Waals surface area contributed by atoms with Crippen molar-refractivity contribution in [1.29, 1.82) is 0 Å². The maximum atomic E-state index is 12.8. The van der Waals surface area contributed by atoms with Crippen molar-refractivity contribution in [1.82, 2.24) is 14.7 Å². The molecule has 33 heavy (non-hydrogen) atoms. The number of rotatable bonds is 10. The molecular weight excluding hydrogens is 406 g/mol. The van der Waals surface area contributed by atoms with Gasteiger partial charge < -0.3 is 4.90 Å². The molecule has 1 heterocycles. The molecule has 1 aliphatic rings. The minimum atomic E-state index is 0.0884. The second kappa shape index (κ2) is 11.8. The van der Waals surface area contributed by atoms with Crippen LogP contribution in [0.5, 0.6) is 0 Å². The van der Waals surface area contributed by atoms with Gasteiger partial charge in [0, 0.05) is 51.4 Å². The predicted octanol–water partition coefficient (Wildman–Crippen LogP) is 5.35. The number of hydrogen-bond acceptors (Lipinski definition) is 3. The fourth-order valence-corrected chi connectivity index (χ4v) is 4.63. The molecule has 1 atom stereocenters. The van der Waals surface area contributed by atoms with Crippen LogP contribution in [-0.2, 0) is 0 Å². The van der Waals surface area contributed by atoms with E-state index in [4.69, 9.17) is 0 Å². The molecule has 3 rings (SSSR count). The van der Waals surface area contributed by atoms with E-state index in [2.05, 4.69) is 59.9 Å². The Kier molecular flexibility index (Phi) is 8.81. The van der Waals surface area contributed by atoms with Gasteiger partial charge in [-0.3, -0.25) is 14.6 Å². The summed E-state index contributed by atoms with van der Waals surface area (Å²) < 4.78 is 0. The lowest BCUT2D eigenvalue weighted by Gasteiger charge is -2.39. The molecule has 1 saturated heterocycles. The van der Waals surface area contributed by atoms with E-state index in [1.54, 1.807) is 0 Å². The number of nitrogens with zero attached hydrogens (tertiary/aromatic N) is 3. The lowest BCUT2D eigenvalue weighted by atomic mass is 9.92. The first-order valence-electron chi connectivity index (χ1n) is 11.9. The zero-order valence-corrected chi connectivity index (χ0v) is 20.2. The molecule has 1 aliphatic heterocycles. The van der Waals surface area contributed by atoms with Crippen LogP contribution in [0.1, 0.15) is 52.5 Å². The molecule has 0 N–H and O–H groups in total. The van der Waals surface area contributed by atoms with Crippen LogP contribution in [0.25, 0.3) is 12.2 Å². The molecule has 174 valence electrons. The molecular formula is C29H37N3O. The Morgan fingerprint density at radius 2 is 1.52 bits per heavy atom. The molecule has 0 radical (unpaired) electrons. The molecule has 1 unspecified atom stereocenters. The van der Waals surface area contributed by atoms with Crippen LogP contribution >= 0.6 is 0 Å². The summed E-state index contributed by atoms with van der Waals surface area (Å²) in [6, 6.07) is 14.8. The summed E-state index contributed by atoms with van der Waals surface area (Å²) in [6.45, 7) is 22.2. The van der Waals surface area contributed by atoms with Gasteiger partial charge in [-0.15, -0.1) is 6.58 Å². The summed E-state index contributed by atoms with van der Waals surface area (Å²) in [4.78, 5) is 19.6. The van der Waals surface area contributed by atoms with Crippen molar-refractivity contribution in [3.63, 3.8) is 0 Å². The van der Waals surface area contributed by atoms with Gasteiger partial charge in [-0.25, -0.2) is 0 Å². The zero-order valence-electron chi connectivity index (χ0n) is 20.2. The number of hydrogen-bond donors (Lipinski definition) is 0. The molecule has 4 heteroatoms. The Balaban J connectivity index is 1.95. The fraction of sp³-hybridized carbons (Fsp3) is 0.345. The normalized spacial score (nSPS) is 15.6. The van der Waals surface area contributed by atoms with Crippen molar-refractivity contribution < 1.29 is 4.79 Å². The van der Waals surface area contributed by atoms with Crippen molar-refractivity contribution in [2.75, 3.05) is 45.8 Å². The van der Waals surface area contributed by atoms with Crippen LogP contribution in [0.2, 0.25) is 0 Å². The fourth-order valence-electron chi connectivity index (χ4n) is 4.63. The molecule has 2 aromatic rings. The topological polar surface area (TPSA) is 26.8 Å². The monoisotopic (exact) mass is 443 g/mol. The van der Waals surface area contributed by atoms with E-state index in [0.717, 1.165) is 49.4 Å². The molecule has 4 nitrogen and oxygen atoms in total. The highest BCUT2D eigenvalue weighted by atomic mass is 16.2. The molecule has 1 fully saturated rings. The van der Waals surface area contributed by atoms with Gasteiger partial charge in [-0.05, 0) is 54.3 Å². The number of amides is 1. The predicted molar refractivity (Wildman–Crippen MR) is 140 cm³/mol. The molecule has 0 bridgehead atoms. The Morgan fingerprint density at radius 3 is 2.06 bits per heavy atom. The Hall–Kier alpha value is -2.95. The van der Waals surface area contributed by atoms with Crippen molar-refractivity contribution in [3.05, 3.63) is 96.1 Å². The maximum absolute atomic E-state index is 12.8. The molecule has 0 spiro atoms. The van der Waals surface area contributed by atoms with Gasteiger partial charge in [0.25, 0.3) is 5.91 Å². The highest BCUT2D eigenvalue weighted by Crippen LogP contribution is 2.32. The van der Waals surface area contributed by atoms with Gasteiger partial charge in [0.2, 0.25) is 0 Å². The van der Waals surface area contributed by atoms with Crippen molar-refractivity contribution in [3.8, 4) is 0 Å². The van der Waals surface area contributed by atoms with Crippen LogP contribution in [0, 0.1) is 0 Å². The second-order valence-corrected chi connectivity index (χ2v) is 8.42. The van der Waals surface area contributed by atoms with E-state index in [9.17, 15) is 4.79 Å². The van der Waals surface area contributed by atoms with Crippen LogP contribution in [0.3, 0.4) is 0 Å². The maximum Gasteiger partial charge on any atom is 0.253 e. The van der Waals surface area contributed by atoms with Crippen LogP contribution in [-0.4, -0.2) is 66.4 Å². The van der Waals surface area contributed by atoms with Gasteiger partial charge in [0.1, 0.15) is 0 Å². The highest BCUT2D eigenvalue weighted by molar-refractivity contribution is 5.94. The van der Waals surface area contributed by atoms with E-state index >= 15 is 0 Å². The van der Waals surface area contributed by atoms with Crippen LogP contribution in [0.15, 0.2) is 68.3 Å². The van der Waals surface area contributed by atoms with E-state index in [-0.39, 0.29) is 11.9 Å². The van der Waals surface area contributed by atoms with Gasteiger partial charge in [-0.2, -0.15) is 0 Å². The van der Waals surface area contributed by atoms with Crippen molar-refractivity contribution in [2.45, 2.75) is 19.9 Å². The van der Waals surface area contributed by atoms with Gasteiger partial charge >= 0.3 is 0 Å². The lowest BCUT2D eigenvalue weighted by Crippen LogP contribution is -2.47. The van der Waals surface area contributed by atoms with E-state index in [1.807, 2.05) is 49.1 Å². The Bertz CT molecular complexity index is 967. The molecule has 0 aliphatic carbocycles. The van der Waals surface area contributed by atoms with Crippen molar-refractivity contribution in [2.24, 2.45) is 0 Å². The molecule has 0 saturated carbocycles. The standard InChI is InChI=1S/C29H37N3O/c1-6-17-30-18-20-32(21-19-30)28(27-16-11-23(7-2)24(8-3)22-27)25-12-14-26(15-13-25)29(33)31(9-4)10-5/h6-8,11-16,22,28H,1-3,9-10,17-21H2,4-5H3. The Morgan fingerprint density at radius 1 is 0.909 bits per heavy atom. The summed E-state index contributed by atoms with van der Waals surface area (Å²) in [5.41, 5.74) is 5.35. The molecule has 1 amide bonds. The number of carbonyl (C=O) groups is 1. The van der Waals surface area contributed by atoms with Gasteiger partial charge in [-0.1, -0.05) is 55.7 Å². The third-order valence-electron chi connectivity index (χ3n) is 6.55. The average Bonchev–Trinajstić information content (AvgIpc) is 2.86. The molecule has 2 aromatic carbocycles. The van der Waals surface area contributed by atoms with Gasteiger partial charge in [0.15, 0.2) is 0 Å². The zero-order chi connectivity index (χ0) is 23.8. The van der Waals surface area contributed by atoms with E-state index in [1.165, 1.54) is 11.1 Å². The van der Waals surface area contributed by atoms with Gasteiger partial charge in [0.05, 0.1) is 6.04 Å². The number of carbonyl (C=O) groups excluding carboxylic acids is 1. The number of benzene rings is 2.